The highest BCUT2D eigenvalue weighted by Crippen LogP contribution is 2.28. The maximum Gasteiger partial charge on any atom is 0.310 e. The minimum absolute atomic E-state index is 0.0390. The molecule has 0 spiro atoms. The lowest BCUT2D eigenvalue weighted by molar-refractivity contribution is -0.151. The molecule has 3 heterocycles. The first-order chi connectivity index (χ1) is 13.8. The van der Waals surface area contributed by atoms with E-state index in [0.29, 0.717) is 37.4 Å². The van der Waals surface area contributed by atoms with Crippen molar-refractivity contribution in [3.63, 3.8) is 0 Å². The van der Waals surface area contributed by atoms with Crippen molar-refractivity contribution >= 4 is 16.0 Å². The molecule has 1 unspecified atom stereocenters. The third-order valence-corrected chi connectivity index (χ3v) is 7.07. The van der Waals surface area contributed by atoms with Gasteiger partial charge in [-0.2, -0.15) is 4.31 Å². The van der Waals surface area contributed by atoms with Crippen LogP contribution < -0.4 is 0 Å². The van der Waals surface area contributed by atoms with Gasteiger partial charge >= 0.3 is 5.97 Å². The van der Waals surface area contributed by atoms with Gasteiger partial charge in [0.2, 0.25) is 10.0 Å². The number of tetrazole rings is 1. The maximum atomic E-state index is 13.0. The van der Waals surface area contributed by atoms with Crippen LogP contribution in [0.15, 0.2) is 9.42 Å². The maximum absolute atomic E-state index is 13.0. The molecule has 3 rings (SSSR count). The summed E-state index contributed by atoms with van der Waals surface area (Å²) in [6.45, 7) is 6.23. The molecule has 29 heavy (non-hydrogen) atoms. The Labute approximate surface area is 169 Å². The molecule has 1 fully saturated rings. The summed E-state index contributed by atoms with van der Waals surface area (Å²) >= 11 is 0. The van der Waals surface area contributed by atoms with Crippen molar-refractivity contribution in [1.82, 2.24) is 29.7 Å². The van der Waals surface area contributed by atoms with Crippen LogP contribution in [0.3, 0.4) is 0 Å². The molecule has 0 amide bonds. The third-order valence-electron chi connectivity index (χ3n) is 4.96. The molecular weight excluding hydrogens is 400 g/mol. The van der Waals surface area contributed by atoms with E-state index >= 15 is 0 Å². The lowest BCUT2D eigenvalue weighted by atomic mass is 10.00. The summed E-state index contributed by atoms with van der Waals surface area (Å²) in [6.07, 6.45) is 3.05. The SMILES string of the molecule is CCCCn1nnnc1COC(=O)C1CCCN(S(=O)(=O)c2c(C)noc2C)C1. The molecule has 160 valence electrons. The van der Waals surface area contributed by atoms with Gasteiger partial charge in [-0.3, -0.25) is 4.79 Å². The van der Waals surface area contributed by atoms with Crippen molar-refractivity contribution in [3.8, 4) is 0 Å². The highest BCUT2D eigenvalue weighted by Gasteiger charge is 2.37. The van der Waals surface area contributed by atoms with Gasteiger partial charge in [-0.15, -0.1) is 5.10 Å². The summed E-state index contributed by atoms with van der Waals surface area (Å²) < 4.78 is 39.3. The average molecular weight is 426 g/mol. The van der Waals surface area contributed by atoms with Crippen LogP contribution in [0.2, 0.25) is 0 Å². The number of aromatic nitrogens is 5. The second-order valence-electron chi connectivity index (χ2n) is 7.14. The smallest absolute Gasteiger partial charge is 0.310 e. The zero-order chi connectivity index (χ0) is 21.0. The fourth-order valence-corrected chi connectivity index (χ4v) is 5.20. The molecule has 12 heteroatoms. The number of carbonyl (C=O) groups is 1. The van der Waals surface area contributed by atoms with Gasteiger partial charge in [-0.25, -0.2) is 13.1 Å². The van der Waals surface area contributed by atoms with E-state index < -0.39 is 21.9 Å². The lowest BCUT2D eigenvalue weighted by Crippen LogP contribution is -2.43. The molecule has 1 saturated heterocycles. The standard InChI is InChI=1S/C17H26N6O5S/c1-4-5-9-23-15(18-20-21-23)11-27-17(24)14-7-6-8-22(10-14)29(25,26)16-12(2)19-28-13(16)3/h14H,4-11H2,1-3H3. The van der Waals surface area contributed by atoms with E-state index in [-0.39, 0.29) is 23.8 Å². The second-order valence-corrected chi connectivity index (χ2v) is 9.01. The van der Waals surface area contributed by atoms with Crippen molar-refractivity contribution in [3.05, 3.63) is 17.3 Å². The fourth-order valence-electron chi connectivity index (χ4n) is 3.39. The Hall–Kier alpha value is -2.34. The Morgan fingerprint density at radius 2 is 2.14 bits per heavy atom. The number of unbranched alkanes of at least 4 members (excludes halogenated alkanes) is 1. The summed E-state index contributed by atoms with van der Waals surface area (Å²) in [7, 11) is -3.79. The first-order valence-electron chi connectivity index (χ1n) is 9.69. The van der Waals surface area contributed by atoms with Gasteiger partial charge in [0, 0.05) is 19.6 Å². The topological polar surface area (TPSA) is 133 Å². The van der Waals surface area contributed by atoms with E-state index in [1.165, 1.54) is 4.31 Å². The van der Waals surface area contributed by atoms with E-state index in [1.54, 1.807) is 18.5 Å². The van der Waals surface area contributed by atoms with Crippen molar-refractivity contribution in [2.45, 2.75) is 64.5 Å². The molecule has 1 atom stereocenters. The summed E-state index contributed by atoms with van der Waals surface area (Å²) in [5, 5.41) is 15.1. The molecule has 0 aromatic carbocycles. The zero-order valence-corrected chi connectivity index (χ0v) is 17.7. The van der Waals surface area contributed by atoms with Crippen LogP contribution in [0.25, 0.3) is 0 Å². The predicted octanol–water partition coefficient (Wildman–Crippen LogP) is 1.22. The van der Waals surface area contributed by atoms with Crippen LogP contribution in [0.5, 0.6) is 0 Å². The van der Waals surface area contributed by atoms with Gasteiger partial charge in [0.05, 0.1) is 5.92 Å². The predicted molar refractivity (Wildman–Crippen MR) is 100.0 cm³/mol. The molecule has 0 radical (unpaired) electrons. The van der Waals surface area contributed by atoms with Crippen LogP contribution in [0, 0.1) is 19.8 Å². The quantitative estimate of drug-likeness (QED) is 0.571. The number of esters is 1. The number of aryl methyl sites for hydroxylation is 3. The Bertz CT molecular complexity index is 934. The number of ether oxygens (including phenoxy) is 1. The summed E-state index contributed by atoms with van der Waals surface area (Å²) in [5.74, 6) is -0.276. The number of sulfonamides is 1. The lowest BCUT2D eigenvalue weighted by Gasteiger charge is -2.30. The molecule has 0 N–H and O–H groups in total. The molecule has 0 aliphatic carbocycles. The Morgan fingerprint density at radius 1 is 1.34 bits per heavy atom. The third kappa shape index (κ3) is 4.64. The molecule has 2 aromatic heterocycles. The van der Waals surface area contributed by atoms with Crippen LogP contribution in [-0.2, 0) is 32.7 Å². The van der Waals surface area contributed by atoms with Gasteiger partial charge in [0.1, 0.15) is 10.6 Å². The van der Waals surface area contributed by atoms with E-state index in [1.807, 2.05) is 0 Å². The molecule has 1 aliphatic rings. The summed E-state index contributed by atoms with van der Waals surface area (Å²) in [5.41, 5.74) is 0.311. The van der Waals surface area contributed by atoms with E-state index in [0.717, 1.165) is 12.8 Å². The first kappa shape index (κ1) is 21.4. The highest BCUT2D eigenvalue weighted by molar-refractivity contribution is 7.89. The van der Waals surface area contributed by atoms with Crippen molar-refractivity contribution in [2.75, 3.05) is 13.1 Å². The number of rotatable bonds is 8. The normalized spacial score (nSPS) is 18.1. The van der Waals surface area contributed by atoms with Gasteiger partial charge in [-0.1, -0.05) is 18.5 Å². The Balaban J connectivity index is 1.63. The Morgan fingerprint density at radius 3 is 2.83 bits per heavy atom. The molecule has 11 nitrogen and oxygen atoms in total. The number of piperidine rings is 1. The number of hydrogen-bond acceptors (Lipinski definition) is 9. The van der Waals surface area contributed by atoms with Crippen molar-refractivity contribution < 1.29 is 22.5 Å². The Kier molecular flexibility index (Phi) is 6.63. The fraction of sp³-hybridized carbons (Fsp3) is 0.706. The molecular formula is C17H26N6O5S. The summed E-state index contributed by atoms with van der Waals surface area (Å²) in [4.78, 5) is 12.6. The van der Waals surface area contributed by atoms with Gasteiger partial charge in [0.25, 0.3) is 0 Å². The van der Waals surface area contributed by atoms with E-state index in [4.69, 9.17) is 9.26 Å². The van der Waals surface area contributed by atoms with Gasteiger partial charge < -0.3 is 9.26 Å². The van der Waals surface area contributed by atoms with E-state index in [9.17, 15) is 13.2 Å². The summed E-state index contributed by atoms with van der Waals surface area (Å²) in [6, 6.07) is 0. The molecule has 0 bridgehead atoms. The van der Waals surface area contributed by atoms with Gasteiger partial charge in [-0.05, 0) is 43.5 Å². The minimum Gasteiger partial charge on any atom is -0.457 e. The number of nitrogens with zero attached hydrogens (tertiary/aromatic N) is 6. The average Bonchev–Trinajstić information content (AvgIpc) is 3.30. The van der Waals surface area contributed by atoms with Crippen molar-refractivity contribution in [1.29, 1.82) is 0 Å². The van der Waals surface area contributed by atoms with Crippen LogP contribution >= 0.6 is 0 Å². The highest BCUT2D eigenvalue weighted by atomic mass is 32.2. The van der Waals surface area contributed by atoms with Crippen LogP contribution in [0.4, 0.5) is 0 Å². The van der Waals surface area contributed by atoms with Crippen molar-refractivity contribution in [2.24, 2.45) is 5.92 Å². The number of hydrogen-bond donors (Lipinski definition) is 0. The second kappa shape index (κ2) is 8.99. The minimum atomic E-state index is -3.79. The number of carbonyl (C=O) groups excluding carboxylic acids is 1. The van der Waals surface area contributed by atoms with E-state index in [2.05, 4.69) is 27.6 Å². The zero-order valence-electron chi connectivity index (χ0n) is 16.9. The van der Waals surface area contributed by atoms with Crippen LogP contribution in [-0.4, -0.2) is 57.1 Å². The molecule has 1 aliphatic heterocycles. The molecule has 2 aromatic rings. The van der Waals surface area contributed by atoms with Gasteiger partial charge in [0.15, 0.2) is 18.2 Å². The largest absolute Gasteiger partial charge is 0.457 e. The molecule has 0 saturated carbocycles. The van der Waals surface area contributed by atoms with Crippen LogP contribution in [0.1, 0.15) is 49.9 Å². The first-order valence-corrected chi connectivity index (χ1v) is 11.1. The monoisotopic (exact) mass is 426 g/mol.